The van der Waals surface area contributed by atoms with E-state index in [4.69, 9.17) is 0 Å². The number of benzene rings is 1. The number of aryl methyl sites for hydroxylation is 1. The van der Waals surface area contributed by atoms with Crippen LogP contribution in [0.25, 0.3) is 22.2 Å². The maximum atomic E-state index is 11.6. The molecule has 0 fully saturated rings. The van der Waals surface area contributed by atoms with Gasteiger partial charge in [-0.3, -0.25) is 14.8 Å². The van der Waals surface area contributed by atoms with Gasteiger partial charge in [0.1, 0.15) is 0 Å². The van der Waals surface area contributed by atoms with Crippen LogP contribution in [0.1, 0.15) is 11.1 Å². The van der Waals surface area contributed by atoms with Gasteiger partial charge in [-0.1, -0.05) is 13.0 Å². The molecule has 0 bridgehead atoms. The number of H-pyrrole nitrogens is 2. The monoisotopic (exact) mass is 425 g/mol. The van der Waals surface area contributed by atoms with Crippen LogP contribution in [0.15, 0.2) is 21.7 Å². The number of hydrogen-bond donors (Lipinski definition) is 2. The summed E-state index contributed by atoms with van der Waals surface area (Å²) in [6, 6.07) is 3.59. The zero-order valence-electron chi connectivity index (χ0n) is 9.98. The van der Waals surface area contributed by atoms with Crippen LogP contribution in [0.2, 0.25) is 0 Å². The van der Waals surface area contributed by atoms with Crippen LogP contribution >= 0.6 is 0 Å². The minimum Gasteiger partial charge on any atom is -0.290 e. The van der Waals surface area contributed by atoms with Gasteiger partial charge in [0.15, 0.2) is 11.2 Å². The van der Waals surface area contributed by atoms with Gasteiger partial charge in [-0.2, -0.15) is 12.5 Å². The predicted molar refractivity (Wildman–Crippen MR) is 67.5 cm³/mol. The van der Waals surface area contributed by atoms with E-state index in [9.17, 15) is 9.59 Å². The molecule has 0 aliphatic rings. The summed E-state index contributed by atoms with van der Waals surface area (Å²) < 4.78 is 0. The number of nitrogens with one attached hydrogen (secondary N) is 2. The van der Waals surface area contributed by atoms with E-state index in [1.54, 1.807) is 6.07 Å². The van der Waals surface area contributed by atoms with Gasteiger partial charge in [0.25, 0.3) is 5.56 Å². The third-order valence-corrected chi connectivity index (χ3v) is 2.80. The van der Waals surface area contributed by atoms with Crippen LogP contribution in [0.4, 0.5) is 0 Å². The first-order valence-corrected chi connectivity index (χ1v) is 5.31. The summed E-state index contributed by atoms with van der Waals surface area (Å²) >= 11 is 0. The van der Waals surface area contributed by atoms with Crippen molar-refractivity contribution >= 4 is 22.2 Å². The molecule has 1 aromatic carbocycles. The molecule has 0 aliphatic carbocycles. The molecule has 0 spiro atoms. The normalized spacial score (nSPS) is 10.6. The van der Waals surface area contributed by atoms with Crippen molar-refractivity contribution in [3.05, 3.63) is 51.0 Å². The standard InChI is InChI=1S/C12H9N4O2.W/c1-5-3-7-8(4-6(5)2)14-10-9(13-7)11(17)16-12(18)15-10;/h3-4H,2H2,1H3,(H2,14,15,16,17,18);/q-1;. The molecule has 0 saturated carbocycles. The minimum atomic E-state index is -0.594. The quantitative estimate of drug-likeness (QED) is 0.409. The Hall–Kier alpha value is -1.94. The smallest absolute Gasteiger partial charge is 0.290 e. The molecule has 3 aromatic rings. The first-order valence-electron chi connectivity index (χ1n) is 5.31. The van der Waals surface area contributed by atoms with Gasteiger partial charge in [0.05, 0.1) is 5.52 Å². The van der Waals surface area contributed by atoms with Crippen LogP contribution in [0.3, 0.4) is 0 Å². The molecule has 0 radical (unpaired) electrons. The van der Waals surface area contributed by atoms with E-state index in [0.29, 0.717) is 11.0 Å². The van der Waals surface area contributed by atoms with Crippen LogP contribution < -0.4 is 11.2 Å². The Morgan fingerprint density at radius 2 is 1.79 bits per heavy atom. The largest absolute Gasteiger partial charge is 0.327 e. The van der Waals surface area contributed by atoms with Crippen molar-refractivity contribution in [1.82, 2.24) is 19.9 Å². The Kier molecular flexibility index (Phi) is 3.28. The molecule has 2 aromatic heterocycles. The molecule has 3 rings (SSSR count). The second-order valence-corrected chi connectivity index (χ2v) is 4.10. The number of fused-ring (bicyclic) bond motifs is 2. The van der Waals surface area contributed by atoms with Gasteiger partial charge >= 0.3 is 5.69 Å². The van der Waals surface area contributed by atoms with E-state index < -0.39 is 11.2 Å². The molecule has 0 aliphatic heterocycles. The fourth-order valence-electron chi connectivity index (χ4n) is 1.80. The van der Waals surface area contributed by atoms with Crippen LogP contribution in [0.5, 0.6) is 0 Å². The summed E-state index contributed by atoms with van der Waals surface area (Å²) in [5.74, 6) is 0. The van der Waals surface area contributed by atoms with E-state index in [1.807, 2.05) is 13.0 Å². The van der Waals surface area contributed by atoms with Crippen molar-refractivity contribution in [2.24, 2.45) is 0 Å². The Morgan fingerprint density at radius 1 is 1.11 bits per heavy atom. The van der Waals surface area contributed by atoms with Crippen LogP contribution in [-0.2, 0) is 21.1 Å². The van der Waals surface area contributed by atoms with Gasteiger partial charge < -0.3 is 0 Å². The molecule has 19 heavy (non-hydrogen) atoms. The van der Waals surface area contributed by atoms with Crippen molar-refractivity contribution < 1.29 is 21.1 Å². The van der Waals surface area contributed by atoms with E-state index in [-0.39, 0.29) is 32.2 Å². The average Bonchev–Trinajstić information content (AvgIpc) is 2.29. The first-order chi connectivity index (χ1) is 8.54. The van der Waals surface area contributed by atoms with E-state index in [0.717, 1.165) is 11.1 Å². The molecular weight excluding hydrogens is 416 g/mol. The molecule has 0 amide bonds. The average molecular weight is 425 g/mol. The topological polar surface area (TPSA) is 91.5 Å². The number of aromatic nitrogens is 4. The molecule has 0 unspecified atom stereocenters. The summed E-state index contributed by atoms with van der Waals surface area (Å²) in [7, 11) is 0. The molecule has 0 saturated heterocycles. The fourth-order valence-corrected chi connectivity index (χ4v) is 1.80. The number of rotatable bonds is 0. The summed E-state index contributed by atoms with van der Waals surface area (Å²) in [4.78, 5) is 35.8. The fraction of sp³-hybridized carbons (Fsp3) is 0.0833. The third kappa shape index (κ3) is 2.19. The second-order valence-electron chi connectivity index (χ2n) is 4.10. The summed E-state index contributed by atoms with van der Waals surface area (Å²) in [6.07, 6.45) is 0. The molecule has 96 valence electrons. The zero-order chi connectivity index (χ0) is 12.9. The summed E-state index contributed by atoms with van der Waals surface area (Å²) in [5, 5.41) is 0. The Labute approximate surface area is 121 Å². The first kappa shape index (κ1) is 13.5. The van der Waals surface area contributed by atoms with Gasteiger partial charge in [0.2, 0.25) is 0 Å². The van der Waals surface area contributed by atoms with Crippen molar-refractivity contribution in [2.75, 3.05) is 0 Å². The molecule has 0 atom stereocenters. The Bertz CT molecular complexity index is 898. The Morgan fingerprint density at radius 3 is 2.53 bits per heavy atom. The van der Waals surface area contributed by atoms with Crippen LogP contribution in [0, 0.1) is 13.8 Å². The third-order valence-electron chi connectivity index (χ3n) is 2.80. The maximum Gasteiger partial charge on any atom is 0.327 e. The van der Waals surface area contributed by atoms with Crippen molar-refractivity contribution in [3.63, 3.8) is 0 Å². The maximum absolute atomic E-state index is 11.6. The number of nitrogens with zero attached hydrogens (tertiary/aromatic N) is 2. The Balaban J connectivity index is 0.00000133. The zero-order valence-corrected chi connectivity index (χ0v) is 12.9. The number of hydrogen-bond acceptors (Lipinski definition) is 4. The summed E-state index contributed by atoms with van der Waals surface area (Å²) in [6.45, 7) is 5.79. The number of aromatic amines is 2. The minimum absolute atomic E-state index is 0. The molecule has 6 nitrogen and oxygen atoms in total. The van der Waals surface area contributed by atoms with Crippen molar-refractivity contribution in [1.29, 1.82) is 0 Å². The molecule has 2 heterocycles. The second kappa shape index (κ2) is 4.63. The van der Waals surface area contributed by atoms with Gasteiger partial charge in [-0.05, 0) is 0 Å². The van der Waals surface area contributed by atoms with Crippen molar-refractivity contribution in [2.45, 2.75) is 6.92 Å². The molecular formula is C12H9N4O2W-. The van der Waals surface area contributed by atoms with Gasteiger partial charge in [0, 0.05) is 26.6 Å². The molecule has 7 heteroatoms. The van der Waals surface area contributed by atoms with Gasteiger partial charge in [-0.25, -0.2) is 14.8 Å². The van der Waals surface area contributed by atoms with E-state index in [2.05, 4.69) is 26.9 Å². The van der Waals surface area contributed by atoms with Crippen LogP contribution in [-0.4, -0.2) is 19.9 Å². The molecule has 2 N–H and O–H groups in total. The van der Waals surface area contributed by atoms with E-state index >= 15 is 0 Å². The SMILES string of the molecule is [CH2-]c1cc2nc3[nH]c(=O)[nH]c(=O)c3nc2cc1C.[W]. The van der Waals surface area contributed by atoms with E-state index in [1.165, 1.54) is 0 Å². The van der Waals surface area contributed by atoms with Gasteiger partial charge in [-0.15, -0.1) is 11.6 Å². The summed E-state index contributed by atoms with van der Waals surface area (Å²) in [5.41, 5.74) is 2.17. The van der Waals surface area contributed by atoms with Crippen molar-refractivity contribution in [3.8, 4) is 0 Å². The predicted octanol–water partition coefficient (Wildman–Crippen LogP) is 0.648.